The number of benzene rings is 2. The SMILES string of the molecule is CC(=O)OCC(c1ccccc1)(c1ccccc1)c1ncc[nH]1. The quantitative estimate of drug-likeness (QED) is 0.736. The first-order valence-corrected chi connectivity index (χ1v) is 7.48. The Hall–Kier alpha value is -2.88. The zero-order valence-corrected chi connectivity index (χ0v) is 12.9. The average Bonchev–Trinajstić information content (AvgIpc) is 3.12. The fraction of sp³-hybridized carbons (Fsp3) is 0.158. The molecule has 116 valence electrons. The Kier molecular flexibility index (Phi) is 4.24. The largest absolute Gasteiger partial charge is 0.464 e. The highest BCUT2D eigenvalue weighted by molar-refractivity contribution is 5.66. The first-order chi connectivity index (χ1) is 11.2. The van der Waals surface area contributed by atoms with Gasteiger partial charge in [0, 0.05) is 19.3 Å². The molecule has 0 aliphatic heterocycles. The Morgan fingerprint density at radius 3 is 2.04 bits per heavy atom. The van der Waals surface area contributed by atoms with Crippen molar-refractivity contribution in [3.63, 3.8) is 0 Å². The number of imidazole rings is 1. The van der Waals surface area contributed by atoms with E-state index in [4.69, 9.17) is 4.74 Å². The topological polar surface area (TPSA) is 55.0 Å². The molecule has 0 amide bonds. The molecule has 2 aromatic carbocycles. The number of H-pyrrole nitrogens is 1. The van der Waals surface area contributed by atoms with Gasteiger partial charge in [0.25, 0.3) is 0 Å². The third kappa shape index (κ3) is 2.88. The molecule has 1 aromatic heterocycles. The van der Waals surface area contributed by atoms with E-state index in [1.807, 2.05) is 60.7 Å². The predicted molar refractivity (Wildman–Crippen MR) is 88.0 cm³/mol. The lowest BCUT2D eigenvalue weighted by Gasteiger charge is -2.32. The molecular weight excluding hydrogens is 288 g/mol. The van der Waals surface area contributed by atoms with E-state index >= 15 is 0 Å². The van der Waals surface area contributed by atoms with E-state index in [9.17, 15) is 4.79 Å². The Balaban J connectivity index is 2.23. The summed E-state index contributed by atoms with van der Waals surface area (Å²) in [6.07, 6.45) is 3.49. The van der Waals surface area contributed by atoms with Gasteiger partial charge in [-0.2, -0.15) is 0 Å². The zero-order chi connectivity index (χ0) is 16.1. The number of nitrogens with one attached hydrogen (secondary N) is 1. The van der Waals surface area contributed by atoms with Crippen molar-refractivity contribution < 1.29 is 9.53 Å². The maximum atomic E-state index is 11.5. The van der Waals surface area contributed by atoms with Crippen molar-refractivity contribution in [1.29, 1.82) is 0 Å². The predicted octanol–water partition coefficient (Wildman–Crippen LogP) is 3.31. The molecule has 0 spiro atoms. The summed E-state index contributed by atoms with van der Waals surface area (Å²) in [5.74, 6) is 0.434. The van der Waals surface area contributed by atoms with Crippen LogP contribution in [0.2, 0.25) is 0 Å². The molecule has 0 unspecified atom stereocenters. The Morgan fingerprint density at radius 2 is 1.61 bits per heavy atom. The van der Waals surface area contributed by atoms with Crippen molar-refractivity contribution in [1.82, 2.24) is 9.97 Å². The van der Waals surface area contributed by atoms with Crippen LogP contribution >= 0.6 is 0 Å². The molecule has 0 saturated heterocycles. The van der Waals surface area contributed by atoms with Gasteiger partial charge >= 0.3 is 5.97 Å². The van der Waals surface area contributed by atoms with E-state index in [-0.39, 0.29) is 12.6 Å². The fourth-order valence-electron chi connectivity index (χ4n) is 2.83. The van der Waals surface area contributed by atoms with Crippen LogP contribution in [0.4, 0.5) is 0 Å². The standard InChI is InChI=1S/C19H18N2O2/c1-15(22)23-14-19(18-20-12-13-21-18,16-8-4-2-5-9-16)17-10-6-3-7-11-17/h2-13H,14H2,1H3,(H,20,21). The highest BCUT2D eigenvalue weighted by atomic mass is 16.5. The summed E-state index contributed by atoms with van der Waals surface area (Å²) in [7, 11) is 0. The van der Waals surface area contributed by atoms with Crippen molar-refractivity contribution in [3.05, 3.63) is 90.0 Å². The lowest BCUT2D eigenvalue weighted by Crippen LogP contribution is -2.36. The zero-order valence-electron chi connectivity index (χ0n) is 12.9. The first kappa shape index (κ1) is 15.0. The monoisotopic (exact) mass is 306 g/mol. The van der Waals surface area contributed by atoms with Crippen LogP contribution < -0.4 is 0 Å². The van der Waals surface area contributed by atoms with Crippen LogP contribution in [0.15, 0.2) is 73.1 Å². The number of aromatic nitrogens is 2. The van der Waals surface area contributed by atoms with E-state index < -0.39 is 5.41 Å². The van der Waals surface area contributed by atoms with E-state index in [2.05, 4.69) is 9.97 Å². The molecule has 4 nitrogen and oxygen atoms in total. The highest BCUT2D eigenvalue weighted by Gasteiger charge is 2.40. The number of rotatable bonds is 5. The Bertz CT molecular complexity index is 713. The molecule has 0 aliphatic carbocycles. The number of carbonyl (C=O) groups is 1. The van der Waals surface area contributed by atoms with Gasteiger partial charge in [-0.05, 0) is 11.1 Å². The normalized spacial score (nSPS) is 11.2. The van der Waals surface area contributed by atoms with Gasteiger partial charge in [-0.1, -0.05) is 60.7 Å². The number of hydrogen-bond donors (Lipinski definition) is 1. The second kappa shape index (κ2) is 6.48. The molecule has 0 atom stereocenters. The van der Waals surface area contributed by atoms with Gasteiger partial charge in [-0.25, -0.2) is 4.98 Å². The third-order valence-corrected chi connectivity index (χ3v) is 3.93. The van der Waals surface area contributed by atoms with Crippen LogP contribution in [-0.4, -0.2) is 22.5 Å². The molecule has 4 heteroatoms. The van der Waals surface area contributed by atoms with E-state index in [0.29, 0.717) is 0 Å². The number of aromatic amines is 1. The second-order valence-corrected chi connectivity index (χ2v) is 5.36. The van der Waals surface area contributed by atoms with Crippen LogP contribution in [0, 0.1) is 0 Å². The van der Waals surface area contributed by atoms with Gasteiger partial charge in [0.15, 0.2) is 0 Å². The molecule has 0 fully saturated rings. The Morgan fingerprint density at radius 1 is 1.04 bits per heavy atom. The van der Waals surface area contributed by atoms with Crippen LogP contribution in [0.25, 0.3) is 0 Å². The van der Waals surface area contributed by atoms with Crippen molar-refractivity contribution in [3.8, 4) is 0 Å². The molecule has 3 aromatic rings. The molecule has 0 saturated carbocycles. The molecule has 23 heavy (non-hydrogen) atoms. The molecule has 3 rings (SSSR count). The van der Waals surface area contributed by atoms with E-state index in [0.717, 1.165) is 17.0 Å². The highest BCUT2D eigenvalue weighted by Crippen LogP contribution is 2.37. The number of carbonyl (C=O) groups excluding carboxylic acids is 1. The molecular formula is C19H18N2O2. The summed E-state index contributed by atoms with van der Waals surface area (Å²) in [5, 5.41) is 0. The number of nitrogens with zero attached hydrogens (tertiary/aromatic N) is 1. The molecule has 1 N–H and O–H groups in total. The van der Waals surface area contributed by atoms with Gasteiger partial charge in [0.1, 0.15) is 17.8 Å². The van der Waals surface area contributed by atoms with Gasteiger partial charge in [-0.15, -0.1) is 0 Å². The summed E-state index contributed by atoms with van der Waals surface area (Å²) < 4.78 is 5.44. The third-order valence-electron chi connectivity index (χ3n) is 3.93. The van der Waals surface area contributed by atoms with Crippen molar-refractivity contribution in [2.24, 2.45) is 0 Å². The molecule has 1 heterocycles. The van der Waals surface area contributed by atoms with Crippen LogP contribution in [-0.2, 0) is 14.9 Å². The van der Waals surface area contributed by atoms with Gasteiger partial charge in [-0.3, -0.25) is 4.79 Å². The van der Waals surface area contributed by atoms with Crippen LogP contribution in [0.5, 0.6) is 0 Å². The first-order valence-electron chi connectivity index (χ1n) is 7.48. The second-order valence-electron chi connectivity index (χ2n) is 5.36. The van der Waals surface area contributed by atoms with Gasteiger partial charge in [0.2, 0.25) is 0 Å². The maximum absolute atomic E-state index is 11.5. The smallest absolute Gasteiger partial charge is 0.302 e. The number of hydrogen-bond acceptors (Lipinski definition) is 3. The van der Waals surface area contributed by atoms with Crippen LogP contribution in [0.1, 0.15) is 23.9 Å². The lowest BCUT2D eigenvalue weighted by atomic mass is 9.74. The minimum Gasteiger partial charge on any atom is -0.464 e. The molecule has 0 aliphatic rings. The minimum absolute atomic E-state index is 0.184. The lowest BCUT2D eigenvalue weighted by molar-refractivity contribution is -0.142. The fourth-order valence-corrected chi connectivity index (χ4v) is 2.83. The summed E-state index contributed by atoms with van der Waals surface area (Å²) in [4.78, 5) is 19.1. The van der Waals surface area contributed by atoms with Gasteiger partial charge < -0.3 is 9.72 Å². The number of esters is 1. The minimum atomic E-state index is -0.669. The summed E-state index contributed by atoms with van der Waals surface area (Å²) >= 11 is 0. The van der Waals surface area contributed by atoms with E-state index in [1.54, 1.807) is 12.4 Å². The summed E-state index contributed by atoms with van der Waals surface area (Å²) in [6.45, 7) is 1.60. The van der Waals surface area contributed by atoms with Crippen LogP contribution in [0.3, 0.4) is 0 Å². The maximum Gasteiger partial charge on any atom is 0.302 e. The molecule has 0 radical (unpaired) electrons. The van der Waals surface area contributed by atoms with Crippen molar-refractivity contribution >= 4 is 5.97 Å². The summed E-state index contributed by atoms with van der Waals surface area (Å²) in [6, 6.07) is 19.9. The number of ether oxygens (including phenoxy) is 1. The molecule has 0 bridgehead atoms. The van der Waals surface area contributed by atoms with Gasteiger partial charge in [0.05, 0.1) is 0 Å². The van der Waals surface area contributed by atoms with Crippen molar-refractivity contribution in [2.75, 3.05) is 6.61 Å². The van der Waals surface area contributed by atoms with E-state index in [1.165, 1.54) is 6.92 Å². The van der Waals surface area contributed by atoms with Crippen molar-refractivity contribution in [2.45, 2.75) is 12.3 Å². The summed E-state index contributed by atoms with van der Waals surface area (Å²) in [5.41, 5.74) is 1.36. The average molecular weight is 306 g/mol. The Labute approximate surface area is 135 Å².